The number of rotatable bonds is 2. The number of H-pyrrole nitrogens is 1. The van der Waals surface area contributed by atoms with Crippen molar-refractivity contribution >= 4 is 16.9 Å². The van der Waals surface area contributed by atoms with E-state index >= 15 is 0 Å². The first-order valence-electron chi connectivity index (χ1n) is 5.77. The van der Waals surface area contributed by atoms with Crippen LogP contribution in [-0.2, 0) is 7.05 Å². The molecule has 0 aliphatic heterocycles. The van der Waals surface area contributed by atoms with Crippen molar-refractivity contribution < 1.29 is 15.0 Å². The number of carboxylic acid groups (broad SMARTS) is 1. The van der Waals surface area contributed by atoms with Crippen molar-refractivity contribution in [3.8, 4) is 17.0 Å². The van der Waals surface area contributed by atoms with Crippen LogP contribution in [0, 0.1) is 0 Å². The zero-order valence-corrected chi connectivity index (χ0v) is 10.2. The van der Waals surface area contributed by atoms with Gasteiger partial charge in [-0.3, -0.25) is 0 Å². The predicted molar refractivity (Wildman–Crippen MR) is 71.3 cm³/mol. The smallest absolute Gasteiger partial charge is 0.352 e. The molecular weight excluding hydrogens is 244 g/mol. The van der Waals surface area contributed by atoms with Gasteiger partial charge in [0.1, 0.15) is 11.4 Å². The van der Waals surface area contributed by atoms with Crippen molar-refractivity contribution in [2.45, 2.75) is 0 Å². The summed E-state index contributed by atoms with van der Waals surface area (Å²) in [5.41, 5.74) is 2.77. The molecule has 0 spiro atoms. The summed E-state index contributed by atoms with van der Waals surface area (Å²) in [5, 5.41) is 19.4. The Balaban J connectivity index is 2.22. The molecule has 3 N–H and O–H groups in total. The van der Waals surface area contributed by atoms with Gasteiger partial charge in [-0.05, 0) is 24.3 Å². The van der Waals surface area contributed by atoms with Gasteiger partial charge in [-0.2, -0.15) is 0 Å². The van der Waals surface area contributed by atoms with Crippen LogP contribution in [-0.4, -0.2) is 25.7 Å². The number of phenols is 1. The Bertz CT molecular complexity index is 783. The van der Waals surface area contributed by atoms with Gasteiger partial charge in [-0.25, -0.2) is 4.79 Å². The van der Waals surface area contributed by atoms with E-state index in [0.29, 0.717) is 0 Å². The Hall–Kier alpha value is -2.69. The minimum absolute atomic E-state index is 0.194. The Labute approximate surface area is 108 Å². The highest BCUT2D eigenvalue weighted by atomic mass is 16.4. The lowest BCUT2D eigenvalue weighted by Gasteiger charge is -2.04. The first kappa shape index (κ1) is 11.4. The molecule has 2 aromatic heterocycles. The monoisotopic (exact) mass is 256 g/mol. The Morgan fingerprint density at radius 3 is 2.74 bits per heavy atom. The van der Waals surface area contributed by atoms with Crippen molar-refractivity contribution in [3.63, 3.8) is 0 Å². The largest absolute Gasteiger partial charge is 0.508 e. The lowest BCUT2D eigenvalue weighted by Crippen LogP contribution is -2.04. The number of benzene rings is 1. The molecule has 0 bridgehead atoms. The standard InChI is InChI=1S/C14H12N2O3/c1-16-12(4-5-13(16)14(18)19)10-7-15-11-6-8(17)2-3-9(10)11/h2-7,15,17H,1H3,(H,18,19). The number of aromatic nitrogens is 2. The van der Waals surface area contributed by atoms with Gasteiger partial charge in [-0.15, -0.1) is 0 Å². The van der Waals surface area contributed by atoms with E-state index in [1.54, 1.807) is 35.9 Å². The maximum Gasteiger partial charge on any atom is 0.352 e. The summed E-state index contributed by atoms with van der Waals surface area (Å²) < 4.78 is 1.64. The van der Waals surface area contributed by atoms with E-state index in [1.165, 1.54) is 0 Å². The minimum Gasteiger partial charge on any atom is -0.508 e. The maximum atomic E-state index is 11.1. The summed E-state index contributed by atoms with van der Waals surface area (Å²) in [4.78, 5) is 14.1. The number of phenolic OH excluding ortho intramolecular Hbond substituents is 1. The molecule has 3 rings (SSSR count). The van der Waals surface area contributed by atoms with Gasteiger partial charge in [-0.1, -0.05) is 0 Å². The summed E-state index contributed by atoms with van der Waals surface area (Å²) in [6.45, 7) is 0. The zero-order valence-electron chi connectivity index (χ0n) is 10.2. The molecule has 2 heterocycles. The first-order chi connectivity index (χ1) is 9.08. The average molecular weight is 256 g/mol. The van der Waals surface area contributed by atoms with Crippen molar-refractivity contribution in [1.29, 1.82) is 0 Å². The number of carboxylic acids is 1. The van der Waals surface area contributed by atoms with Crippen molar-refractivity contribution in [1.82, 2.24) is 9.55 Å². The van der Waals surface area contributed by atoms with Crippen LogP contribution in [0.2, 0.25) is 0 Å². The number of aromatic amines is 1. The average Bonchev–Trinajstić information content (AvgIpc) is 2.91. The summed E-state index contributed by atoms with van der Waals surface area (Å²) in [6.07, 6.45) is 1.81. The fourth-order valence-electron chi connectivity index (χ4n) is 2.32. The molecule has 3 aromatic rings. The van der Waals surface area contributed by atoms with Crippen LogP contribution in [0.3, 0.4) is 0 Å². The molecule has 0 atom stereocenters. The highest BCUT2D eigenvalue weighted by molar-refractivity contribution is 5.96. The number of carbonyl (C=O) groups is 1. The fraction of sp³-hybridized carbons (Fsp3) is 0.0714. The lowest BCUT2D eigenvalue weighted by atomic mass is 10.1. The summed E-state index contributed by atoms with van der Waals surface area (Å²) in [5.74, 6) is -0.759. The number of aromatic carboxylic acids is 1. The summed E-state index contributed by atoms with van der Waals surface area (Å²) in [7, 11) is 1.72. The van der Waals surface area contributed by atoms with Crippen LogP contribution < -0.4 is 0 Å². The Morgan fingerprint density at radius 2 is 2.05 bits per heavy atom. The predicted octanol–water partition coefficient (Wildman–Crippen LogP) is 2.58. The molecule has 0 aliphatic rings. The van der Waals surface area contributed by atoms with Crippen LogP contribution >= 0.6 is 0 Å². The van der Waals surface area contributed by atoms with Crippen molar-refractivity contribution in [2.75, 3.05) is 0 Å². The quantitative estimate of drug-likeness (QED) is 0.659. The molecule has 5 heteroatoms. The van der Waals surface area contributed by atoms with Gasteiger partial charge in [0, 0.05) is 35.8 Å². The van der Waals surface area contributed by atoms with E-state index < -0.39 is 5.97 Å². The second kappa shape index (κ2) is 3.91. The van der Waals surface area contributed by atoms with E-state index in [-0.39, 0.29) is 11.4 Å². The third-order valence-corrected chi connectivity index (χ3v) is 3.28. The molecule has 0 aliphatic carbocycles. The van der Waals surface area contributed by atoms with Gasteiger partial charge < -0.3 is 19.8 Å². The normalized spacial score (nSPS) is 11.0. The first-order valence-corrected chi connectivity index (χ1v) is 5.77. The SMILES string of the molecule is Cn1c(C(=O)O)ccc1-c1c[nH]c2cc(O)ccc12. The number of nitrogens with one attached hydrogen (secondary N) is 1. The highest BCUT2D eigenvalue weighted by Gasteiger charge is 2.14. The number of aromatic hydroxyl groups is 1. The van der Waals surface area contributed by atoms with Gasteiger partial charge in [0.05, 0.1) is 5.69 Å². The van der Waals surface area contributed by atoms with Gasteiger partial charge in [0.2, 0.25) is 0 Å². The molecule has 19 heavy (non-hydrogen) atoms. The molecule has 5 nitrogen and oxygen atoms in total. The van der Waals surface area contributed by atoms with Gasteiger partial charge in [0.25, 0.3) is 0 Å². The number of hydrogen-bond acceptors (Lipinski definition) is 2. The summed E-state index contributed by atoms with van der Waals surface area (Å²) in [6, 6.07) is 8.42. The molecule has 0 fully saturated rings. The third kappa shape index (κ3) is 1.67. The van der Waals surface area contributed by atoms with Crippen molar-refractivity contribution in [2.24, 2.45) is 7.05 Å². The Kier molecular flexibility index (Phi) is 2.35. The highest BCUT2D eigenvalue weighted by Crippen LogP contribution is 2.31. The third-order valence-electron chi connectivity index (χ3n) is 3.28. The molecule has 0 saturated heterocycles. The molecule has 0 amide bonds. The second-order valence-electron chi connectivity index (χ2n) is 4.40. The molecule has 0 unspecified atom stereocenters. The van der Waals surface area contributed by atoms with Crippen LogP contribution in [0.4, 0.5) is 0 Å². The Morgan fingerprint density at radius 1 is 1.26 bits per heavy atom. The summed E-state index contributed by atoms with van der Waals surface area (Å²) >= 11 is 0. The topological polar surface area (TPSA) is 78.2 Å². The second-order valence-corrected chi connectivity index (χ2v) is 4.40. The van der Waals surface area contributed by atoms with Crippen LogP contribution in [0.5, 0.6) is 5.75 Å². The molecular formula is C14H12N2O3. The van der Waals surface area contributed by atoms with Crippen LogP contribution in [0.25, 0.3) is 22.2 Å². The minimum atomic E-state index is -0.953. The fourth-order valence-corrected chi connectivity index (χ4v) is 2.32. The van der Waals surface area contributed by atoms with E-state index in [9.17, 15) is 9.90 Å². The van der Waals surface area contributed by atoms with Gasteiger partial charge >= 0.3 is 5.97 Å². The number of hydrogen-bond donors (Lipinski definition) is 3. The van der Waals surface area contributed by atoms with Crippen LogP contribution in [0.1, 0.15) is 10.5 Å². The lowest BCUT2D eigenvalue weighted by molar-refractivity contribution is 0.0686. The van der Waals surface area contributed by atoms with E-state index in [2.05, 4.69) is 4.98 Å². The van der Waals surface area contributed by atoms with E-state index in [0.717, 1.165) is 22.2 Å². The maximum absolute atomic E-state index is 11.1. The van der Waals surface area contributed by atoms with Crippen LogP contribution in [0.15, 0.2) is 36.5 Å². The zero-order chi connectivity index (χ0) is 13.6. The molecule has 1 aromatic carbocycles. The number of fused-ring (bicyclic) bond motifs is 1. The molecule has 0 radical (unpaired) electrons. The van der Waals surface area contributed by atoms with Crippen molar-refractivity contribution in [3.05, 3.63) is 42.2 Å². The van der Waals surface area contributed by atoms with E-state index in [1.807, 2.05) is 12.3 Å². The molecule has 96 valence electrons. The number of nitrogens with zero attached hydrogens (tertiary/aromatic N) is 1. The van der Waals surface area contributed by atoms with E-state index in [4.69, 9.17) is 5.11 Å². The van der Waals surface area contributed by atoms with Gasteiger partial charge in [0.15, 0.2) is 0 Å². The molecule has 0 saturated carbocycles.